The Kier molecular flexibility index (Phi) is 4.47. The van der Waals surface area contributed by atoms with Crippen LogP contribution in [0.5, 0.6) is 5.75 Å². The van der Waals surface area contributed by atoms with Crippen LogP contribution in [0.4, 0.5) is 0 Å². The smallest absolute Gasteiger partial charge is 0.301 e. The minimum atomic E-state index is -0.307. The van der Waals surface area contributed by atoms with Gasteiger partial charge in [0.2, 0.25) is 0 Å². The summed E-state index contributed by atoms with van der Waals surface area (Å²) in [6, 6.07) is 16.6. The maximum atomic E-state index is 12.6. The first-order chi connectivity index (χ1) is 11.7. The van der Waals surface area contributed by atoms with Crippen molar-refractivity contribution in [2.24, 2.45) is 5.10 Å². The molecule has 24 heavy (non-hydrogen) atoms. The zero-order chi connectivity index (χ0) is 16.9. The van der Waals surface area contributed by atoms with Gasteiger partial charge in [0.05, 0.1) is 13.3 Å². The van der Waals surface area contributed by atoms with Gasteiger partial charge >= 0.3 is 5.56 Å². The first-order valence-corrected chi connectivity index (χ1v) is 7.39. The van der Waals surface area contributed by atoms with E-state index in [1.54, 1.807) is 20.2 Å². The summed E-state index contributed by atoms with van der Waals surface area (Å²) in [6.45, 7) is 1.69. The Labute approximate surface area is 139 Å². The molecule has 0 amide bonds. The quantitative estimate of drug-likeness (QED) is 0.693. The molecule has 1 heterocycles. The van der Waals surface area contributed by atoms with Crippen LogP contribution in [0, 0.1) is 6.92 Å². The van der Waals surface area contributed by atoms with E-state index in [1.165, 1.54) is 4.68 Å². The van der Waals surface area contributed by atoms with Crippen molar-refractivity contribution in [2.75, 3.05) is 7.11 Å². The van der Waals surface area contributed by atoms with Crippen molar-refractivity contribution in [1.82, 2.24) is 14.9 Å². The number of benzene rings is 2. The van der Waals surface area contributed by atoms with Crippen molar-refractivity contribution in [1.29, 1.82) is 0 Å². The van der Waals surface area contributed by atoms with Gasteiger partial charge in [-0.1, -0.05) is 30.3 Å². The normalized spacial score (nSPS) is 10.9. The van der Waals surface area contributed by atoms with Gasteiger partial charge in [0, 0.05) is 5.56 Å². The van der Waals surface area contributed by atoms with Crippen molar-refractivity contribution in [3.8, 4) is 17.0 Å². The molecule has 0 aliphatic heterocycles. The summed E-state index contributed by atoms with van der Waals surface area (Å²) < 4.78 is 6.37. The fraction of sp³-hybridized carbons (Fsp3) is 0.111. The summed E-state index contributed by atoms with van der Waals surface area (Å²) in [5, 5.41) is 12.3. The van der Waals surface area contributed by atoms with E-state index in [0.717, 1.165) is 11.3 Å². The molecule has 0 saturated heterocycles. The zero-order valence-electron chi connectivity index (χ0n) is 13.4. The molecule has 2 aromatic carbocycles. The van der Waals surface area contributed by atoms with E-state index in [0.29, 0.717) is 11.4 Å². The standard InChI is InChI=1S/C18H16N4O2/c1-13-20-21-17(15-6-4-3-5-7-15)18(23)22(13)19-12-14-8-10-16(24-2)11-9-14/h3-12H,1-2H3/b19-12+. The van der Waals surface area contributed by atoms with Crippen LogP contribution >= 0.6 is 0 Å². The fourth-order valence-corrected chi connectivity index (χ4v) is 2.18. The molecule has 0 radical (unpaired) electrons. The van der Waals surface area contributed by atoms with Crippen LogP contribution in [-0.2, 0) is 0 Å². The number of nitrogens with zero attached hydrogens (tertiary/aromatic N) is 4. The maximum Gasteiger partial charge on any atom is 0.301 e. The van der Waals surface area contributed by atoms with Gasteiger partial charge in [0.15, 0.2) is 11.5 Å². The van der Waals surface area contributed by atoms with Crippen LogP contribution in [0.25, 0.3) is 11.3 Å². The summed E-state index contributed by atoms with van der Waals surface area (Å²) >= 11 is 0. The lowest BCUT2D eigenvalue weighted by Crippen LogP contribution is -2.23. The van der Waals surface area contributed by atoms with Crippen LogP contribution in [0.15, 0.2) is 64.5 Å². The van der Waals surface area contributed by atoms with E-state index in [-0.39, 0.29) is 11.3 Å². The van der Waals surface area contributed by atoms with Gasteiger partial charge in [0.25, 0.3) is 0 Å². The third-order valence-corrected chi connectivity index (χ3v) is 3.48. The molecule has 0 unspecified atom stereocenters. The summed E-state index contributed by atoms with van der Waals surface area (Å²) in [7, 11) is 1.61. The molecule has 6 nitrogen and oxygen atoms in total. The van der Waals surface area contributed by atoms with Crippen LogP contribution < -0.4 is 10.3 Å². The van der Waals surface area contributed by atoms with Crippen molar-refractivity contribution in [2.45, 2.75) is 6.92 Å². The summed E-state index contributed by atoms with van der Waals surface area (Å²) in [5.41, 5.74) is 1.52. The molecule has 1 aromatic heterocycles. The zero-order valence-corrected chi connectivity index (χ0v) is 13.4. The lowest BCUT2D eigenvalue weighted by atomic mass is 10.2. The summed E-state index contributed by atoms with van der Waals surface area (Å²) in [6.07, 6.45) is 1.60. The van der Waals surface area contributed by atoms with Crippen molar-refractivity contribution >= 4 is 6.21 Å². The molecule has 0 spiro atoms. The largest absolute Gasteiger partial charge is 0.497 e. The molecule has 0 aliphatic carbocycles. The molecule has 0 saturated carbocycles. The second-order valence-corrected chi connectivity index (χ2v) is 5.10. The topological polar surface area (TPSA) is 69.4 Å². The predicted octanol–water partition coefficient (Wildman–Crippen LogP) is 2.50. The first kappa shape index (κ1) is 15.6. The SMILES string of the molecule is COc1ccc(/C=N/n2c(C)nnc(-c3ccccc3)c2=O)cc1. The number of hydrogen-bond donors (Lipinski definition) is 0. The van der Waals surface area contributed by atoms with E-state index in [2.05, 4.69) is 15.3 Å². The van der Waals surface area contributed by atoms with Crippen LogP contribution in [0.2, 0.25) is 0 Å². The minimum Gasteiger partial charge on any atom is -0.497 e. The molecule has 0 atom stereocenters. The van der Waals surface area contributed by atoms with E-state index in [9.17, 15) is 4.79 Å². The van der Waals surface area contributed by atoms with Gasteiger partial charge in [-0.2, -0.15) is 9.78 Å². The van der Waals surface area contributed by atoms with Crippen LogP contribution in [0.1, 0.15) is 11.4 Å². The molecule has 0 N–H and O–H groups in total. The second-order valence-electron chi connectivity index (χ2n) is 5.10. The molecular weight excluding hydrogens is 304 g/mol. The van der Waals surface area contributed by atoms with Gasteiger partial charge in [-0.15, -0.1) is 10.2 Å². The lowest BCUT2D eigenvalue weighted by Gasteiger charge is -2.05. The Balaban J connectivity index is 1.98. The molecule has 0 bridgehead atoms. The Hall–Kier alpha value is -3.28. The third kappa shape index (κ3) is 3.22. The highest BCUT2D eigenvalue weighted by atomic mass is 16.5. The number of hydrogen-bond acceptors (Lipinski definition) is 5. The van der Waals surface area contributed by atoms with Gasteiger partial charge < -0.3 is 4.74 Å². The van der Waals surface area contributed by atoms with Crippen molar-refractivity contribution in [3.63, 3.8) is 0 Å². The first-order valence-electron chi connectivity index (χ1n) is 7.39. The number of methoxy groups -OCH3 is 1. The highest BCUT2D eigenvalue weighted by molar-refractivity contribution is 5.79. The third-order valence-electron chi connectivity index (χ3n) is 3.48. The van der Waals surface area contributed by atoms with Crippen molar-refractivity contribution in [3.05, 3.63) is 76.3 Å². The van der Waals surface area contributed by atoms with Gasteiger partial charge in [0.1, 0.15) is 5.75 Å². The van der Waals surface area contributed by atoms with Crippen LogP contribution in [0.3, 0.4) is 0 Å². The van der Waals surface area contributed by atoms with Gasteiger partial charge in [-0.3, -0.25) is 4.79 Å². The second kappa shape index (κ2) is 6.87. The summed E-state index contributed by atoms with van der Waals surface area (Å²) in [5.74, 6) is 1.18. The molecule has 0 aliphatic rings. The van der Waals surface area contributed by atoms with Crippen molar-refractivity contribution < 1.29 is 4.74 Å². The molecular formula is C18H16N4O2. The Bertz CT molecular complexity index is 916. The predicted molar refractivity (Wildman–Crippen MR) is 92.5 cm³/mol. The van der Waals surface area contributed by atoms with E-state index >= 15 is 0 Å². The lowest BCUT2D eigenvalue weighted by molar-refractivity contribution is 0.415. The number of aryl methyl sites for hydroxylation is 1. The van der Waals surface area contributed by atoms with Crippen LogP contribution in [-0.4, -0.2) is 28.2 Å². The maximum absolute atomic E-state index is 12.6. The number of aromatic nitrogens is 3. The van der Waals surface area contributed by atoms with Gasteiger partial charge in [-0.05, 0) is 36.8 Å². The van der Waals surface area contributed by atoms with E-state index < -0.39 is 0 Å². The fourth-order valence-electron chi connectivity index (χ4n) is 2.18. The number of rotatable bonds is 4. The Morgan fingerprint density at radius 1 is 1.04 bits per heavy atom. The van der Waals surface area contributed by atoms with E-state index in [1.807, 2.05) is 54.6 Å². The average Bonchev–Trinajstić information content (AvgIpc) is 2.63. The highest BCUT2D eigenvalue weighted by Crippen LogP contribution is 2.12. The Morgan fingerprint density at radius 2 is 1.75 bits per heavy atom. The highest BCUT2D eigenvalue weighted by Gasteiger charge is 2.10. The average molecular weight is 320 g/mol. The van der Waals surface area contributed by atoms with Gasteiger partial charge in [-0.25, -0.2) is 0 Å². The molecule has 3 rings (SSSR count). The number of ether oxygens (including phenoxy) is 1. The minimum absolute atomic E-state index is 0.271. The van der Waals surface area contributed by atoms with E-state index in [4.69, 9.17) is 4.74 Å². The molecule has 3 aromatic rings. The molecule has 0 fully saturated rings. The Morgan fingerprint density at radius 3 is 2.42 bits per heavy atom. The summed E-state index contributed by atoms with van der Waals surface area (Å²) in [4.78, 5) is 12.6. The molecule has 6 heteroatoms. The monoisotopic (exact) mass is 320 g/mol. The molecule has 120 valence electrons.